The van der Waals surface area contributed by atoms with Crippen molar-refractivity contribution in [3.63, 3.8) is 0 Å². The van der Waals surface area contributed by atoms with Gasteiger partial charge in [-0.05, 0) is 49.3 Å². The van der Waals surface area contributed by atoms with Crippen molar-refractivity contribution in [3.05, 3.63) is 34.9 Å². The highest BCUT2D eigenvalue weighted by molar-refractivity contribution is 6.05. The highest BCUT2D eigenvalue weighted by Gasteiger charge is 2.41. The van der Waals surface area contributed by atoms with Gasteiger partial charge in [0.05, 0.1) is 0 Å². The van der Waals surface area contributed by atoms with Crippen LogP contribution in [0.25, 0.3) is 0 Å². The Morgan fingerprint density at radius 3 is 2.55 bits per heavy atom. The van der Waals surface area contributed by atoms with E-state index in [-0.39, 0.29) is 24.1 Å². The SMILES string of the molecule is NC1CC2CCCC(C1)N2Cc1cccc2c1CN(C1CCC(=O)NC1=O)C2=O. The smallest absolute Gasteiger partial charge is 0.255 e. The molecule has 3 N–H and O–H groups in total. The van der Waals surface area contributed by atoms with Crippen LogP contribution in [0.3, 0.4) is 0 Å². The van der Waals surface area contributed by atoms with Crippen LogP contribution in [-0.2, 0) is 22.7 Å². The molecule has 2 bridgehead atoms. The monoisotopic (exact) mass is 396 g/mol. The van der Waals surface area contributed by atoms with Gasteiger partial charge >= 0.3 is 0 Å². The number of nitrogens with zero attached hydrogens (tertiary/aromatic N) is 2. The number of carbonyl (C=O) groups is 3. The van der Waals surface area contributed by atoms with Crippen molar-refractivity contribution < 1.29 is 14.4 Å². The molecule has 7 heteroatoms. The molecule has 3 unspecified atom stereocenters. The van der Waals surface area contributed by atoms with E-state index in [1.807, 2.05) is 12.1 Å². The van der Waals surface area contributed by atoms with Crippen LogP contribution in [0.4, 0.5) is 0 Å². The summed E-state index contributed by atoms with van der Waals surface area (Å²) in [6.45, 7) is 1.28. The van der Waals surface area contributed by atoms with Crippen LogP contribution in [0.1, 0.15) is 66.4 Å². The van der Waals surface area contributed by atoms with Crippen LogP contribution < -0.4 is 11.1 Å². The summed E-state index contributed by atoms with van der Waals surface area (Å²) in [5.74, 6) is -0.716. The van der Waals surface area contributed by atoms with Gasteiger partial charge in [0.15, 0.2) is 0 Å². The number of nitrogens with one attached hydrogen (secondary N) is 1. The lowest BCUT2D eigenvalue weighted by Crippen LogP contribution is -2.54. The normalized spacial score (nSPS) is 32.3. The molecule has 29 heavy (non-hydrogen) atoms. The van der Waals surface area contributed by atoms with E-state index in [2.05, 4.69) is 16.3 Å². The van der Waals surface area contributed by atoms with Gasteiger partial charge in [0.2, 0.25) is 11.8 Å². The second-order valence-electron chi connectivity index (χ2n) is 8.99. The number of carbonyl (C=O) groups excluding carboxylic acids is 3. The molecule has 3 atom stereocenters. The van der Waals surface area contributed by atoms with E-state index in [1.54, 1.807) is 4.90 Å². The van der Waals surface area contributed by atoms with E-state index in [0.29, 0.717) is 36.7 Å². The van der Waals surface area contributed by atoms with E-state index in [0.717, 1.165) is 24.9 Å². The third-order valence-electron chi connectivity index (χ3n) is 7.19. The maximum Gasteiger partial charge on any atom is 0.255 e. The number of benzene rings is 1. The zero-order valence-electron chi connectivity index (χ0n) is 16.6. The summed E-state index contributed by atoms with van der Waals surface area (Å²) in [6, 6.07) is 6.71. The number of piperidine rings is 3. The predicted octanol–water partition coefficient (Wildman–Crippen LogP) is 1.29. The van der Waals surface area contributed by atoms with E-state index in [9.17, 15) is 14.4 Å². The molecular weight excluding hydrogens is 368 g/mol. The fourth-order valence-corrected chi connectivity index (χ4v) is 5.77. The van der Waals surface area contributed by atoms with Crippen molar-refractivity contribution in [2.75, 3.05) is 0 Å². The lowest BCUT2D eigenvalue weighted by atomic mass is 9.81. The summed E-state index contributed by atoms with van der Waals surface area (Å²) in [5, 5.41) is 2.37. The maximum atomic E-state index is 13.0. The highest BCUT2D eigenvalue weighted by atomic mass is 16.2. The van der Waals surface area contributed by atoms with E-state index < -0.39 is 6.04 Å². The molecule has 3 amide bonds. The van der Waals surface area contributed by atoms with Gasteiger partial charge in [-0.15, -0.1) is 0 Å². The second kappa shape index (κ2) is 7.22. The first-order valence-electron chi connectivity index (χ1n) is 10.8. The zero-order chi connectivity index (χ0) is 20.1. The quantitative estimate of drug-likeness (QED) is 0.751. The molecule has 154 valence electrons. The van der Waals surface area contributed by atoms with Gasteiger partial charge in [-0.25, -0.2) is 0 Å². The van der Waals surface area contributed by atoms with Crippen LogP contribution in [0.2, 0.25) is 0 Å². The van der Waals surface area contributed by atoms with Gasteiger partial charge in [0.1, 0.15) is 6.04 Å². The van der Waals surface area contributed by atoms with Crippen LogP contribution in [0.15, 0.2) is 18.2 Å². The standard InChI is InChI=1S/C22H28N4O3/c23-14-9-15-4-2-5-16(10-14)25(15)11-13-3-1-6-17-18(13)12-26(22(17)29)19-7-8-20(27)24-21(19)28/h1,3,6,14-16,19H,2,4-5,7-12,23H2,(H,24,27,28). The molecule has 4 heterocycles. The number of nitrogens with two attached hydrogens (primary N) is 1. The first-order chi connectivity index (χ1) is 14.0. The Morgan fingerprint density at radius 2 is 1.83 bits per heavy atom. The van der Waals surface area contributed by atoms with E-state index in [4.69, 9.17) is 5.73 Å². The average molecular weight is 396 g/mol. The highest BCUT2D eigenvalue weighted by Crippen LogP contribution is 2.36. The molecule has 3 fully saturated rings. The van der Waals surface area contributed by atoms with Gasteiger partial charge in [-0.2, -0.15) is 0 Å². The lowest BCUT2D eigenvalue weighted by molar-refractivity contribution is -0.136. The fraction of sp³-hybridized carbons (Fsp3) is 0.591. The Kier molecular flexibility index (Phi) is 4.67. The predicted molar refractivity (Wildman–Crippen MR) is 107 cm³/mol. The van der Waals surface area contributed by atoms with Crippen molar-refractivity contribution in [2.24, 2.45) is 5.73 Å². The van der Waals surface area contributed by atoms with Crippen LogP contribution in [-0.4, -0.2) is 51.7 Å². The number of hydrogen-bond donors (Lipinski definition) is 2. The molecule has 3 saturated heterocycles. The summed E-state index contributed by atoms with van der Waals surface area (Å²) >= 11 is 0. The van der Waals surface area contributed by atoms with Crippen molar-refractivity contribution in [2.45, 2.75) is 82.2 Å². The Balaban J connectivity index is 1.39. The zero-order valence-corrected chi connectivity index (χ0v) is 16.6. The van der Waals surface area contributed by atoms with Crippen molar-refractivity contribution in [1.82, 2.24) is 15.1 Å². The van der Waals surface area contributed by atoms with Crippen molar-refractivity contribution in [3.8, 4) is 0 Å². The van der Waals surface area contributed by atoms with Gasteiger partial charge in [0, 0.05) is 43.2 Å². The molecule has 1 aromatic carbocycles. The Bertz CT molecular complexity index is 856. The molecule has 7 nitrogen and oxygen atoms in total. The molecule has 0 saturated carbocycles. The Hall–Kier alpha value is -2.25. The summed E-state index contributed by atoms with van der Waals surface area (Å²) < 4.78 is 0. The summed E-state index contributed by atoms with van der Waals surface area (Å²) in [7, 11) is 0. The van der Waals surface area contributed by atoms with Crippen LogP contribution in [0, 0.1) is 0 Å². The molecular formula is C22H28N4O3. The van der Waals surface area contributed by atoms with Gasteiger partial charge < -0.3 is 10.6 Å². The first kappa shape index (κ1) is 18.8. The van der Waals surface area contributed by atoms with Crippen LogP contribution >= 0.6 is 0 Å². The molecule has 0 aromatic heterocycles. The molecule has 5 rings (SSSR count). The van der Waals surface area contributed by atoms with Crippen molar-refractivity contribution >= 4 is 17.7 Å². The number of amides is 3. The first-order valence-corrected chi connectivity index (χ1v) is 10.8. The number of imide groups is 1. The largest absolute Gasteiger partial charge is 0.328 e. The van der Waals surface area contributed by atoms with E-state index >= 15 is 0 Å². The minimum absolute atomic E-state index is 0.0998. The third-order valence-corrected chi connectivity index (χ3v) is 7.19. The summed E-state index contributed by atoms with van der Waals surface area (Å²) in [6.07, 6.45) is 6.43. The minimum atomic E-state index is -0.562. The lowest BCUT2D eigenvalue weighted by Gasteiger charge is -2.48. The minimum Gasteiger partial charge on any atom is -0.328 e. The third kappa shape index (κ3) is 3.26. The van der Waals surface area contributed by atoms with Crippen molar-refractivity contribution in [1.29, 1.82) is 0 Å². The molecule has 0 radical (unpaired) electrons. The van der Waals surface area contributed by atoms with Gasteiger partial charge in [0.25, 0.3) is 5.91 Å². The molecule has 4 aliphatic rings. The van der Waals surface area contributed by atoms with E-state index in [1.165, 1.54) is 24.8 Å². The maximum absolute atomic E-state index is 13.0. The molecule has 4 aliphatic heterocycles. The Morgan fingerprint density at radius 1 is 1.07 bits per heavy atom. The molecule has 1 aromatic rings. The number of rotatable bonds is 3. The van der Waals surface area contributed by atoms with Crippen LogP contribution in [0.5, 0.6) is 0 Å². The fourth-order valence-electron chi connectivity index (χ4n) is 5.77. The molecule has 0 aliphatic carbocycles. The number of hydrogen-bond acceptors (Lipinski definition) is 5. The topological polar surface area (TPSA) is 95.7 Å². The van der Waals surface area contributed by atoms with Gasteiger partial charge in [-0.1, -0.05) is 18.6 Å². The number of fused-ring (bicyclic) bond motifs is 3. The average Bonchev–Trinajstić information content (AvgIpc) is 3.00. The Labute approximate surface area is 170 Å². The second-order valence-corrected chi connectivity index (χ2v) is 8.99. The summed E-state index contributed by atoms with van der Waals surface area (Å²) in [5.41, 5.74) is 9.19. The van der Waals surface area contributed by atoms with Gasteiger partial charge in [-0.3, -0.25) is 24.6 Å². The molecule has 0 spiro atoms. The summed E-state index contributed by atoms with van der Waals surface area (Å²) in [4.78, 5) is 41.1.